The maximum atomic E-state index is 12.6. The average Bonchev–Trinajstić information content (AvgIpc) is 3.05. The summed E-state index contributed by atoms with van der Waals surface area (Å²) in [5, 5.41) is 3.34. The molecule has 27 heavy (non-hydrogen) atoms. The number of hydrogen-bond donors (Lipinski definition) is 1. The predicted molar refractivity (Wildman–Crippen MR) is 103 cm³/mol. The molecule has 2 amide bonds. The summed E-state index contributed by atoms with van der Waals surface area (Å²) in [4.78, 5) is 26.3. The summed E-state index contributed by atoms with van der Waals surface area (Å²) in [6, 6.07) is 7.52. The van der Waals surface area contributed by atoms with Crippen molar-refractivity contribution in [3.05, 3.63) is 24.3 Å². The summed E-state index contributed by atoms with van der Waals surface area (Å²) in [6.45, 7) is 0.800. The molecule has 1 aromatic carbocycles. The van der Waals surface area contributed by atoms with Gasteiger partial charge < -0.3 is 15.0 Å². The maximum absolute atomic E-state index is 12.6. The fourth-order valence-corrected chi connectivity index (χ4v) is 6.41. The Morgan fingerprint density at radius 2 is 1.85 bits per heavy atom. The monoisotopic (exact) mass is 368 g/mol. The minimum Gasteiger partial charge on any atom is -0.484 e. The number of benzene rings is 1. The van der Waals surface area contributed by atoms with Gasteiger partial charge in [0.1, 0.15) is 5.75 Å². The van der Waals surface area contributed by atoms with E-state index in [1.54, 1.807) is 4.90 Å². The van der Waals surface area contributed by atoms with E-state index in [-0.39, 0.29) is 24.0 Å². The molecule has 4 aliphatic carbocycles. The van der Waals surface area contributed by atoms with Crippen LogP contribution in [0, 0.1) is 17.8 Å². The number of rotatable bonds is 5. The molecule has 5 aliphatic rings. The Morgan fingerprint density at radius 3 is 2.48 bits per heavy atom. The van der Waals surface area contributed by atoms with Gasteiger partial charge in [-0.05, 0) is 74.8 Å². The lowest BCUT2D eigenvalue weighted by Gasteiger charge is -2.56. The number of carbonyl (C=O) groups is 2. The predicted octanol–water partition coefficient (Wildman–Crippen LogP) is 3.28. The van der Waals surface area contributed by atoms with E-state index < -0.39 is 0 Å². The van der Waals surface area contributed by atoms with Crippen LogP contribution in [0.5, 0.6) is 5.75 Å². The van der Waals surface area contributed by atoms with Crippen LogP contribution in [0.3, 0.4) is 0 Å². The van der Waals surface area contributed by atoms with E-state index in [0.717, 1.165) is 55.7 Å². The fourth-order valence-electron chi connectivity index (χ4n) is 6.41. The van der Waals surface area contributed by atoms with E-state index in [1.165, 1.54) is 19.3 Å². The van der Waals surface area contributed by atoms with Gasteiger partial charge in [0.05, 0.1) is 0 Å². The molecule has 0 spiro atoms. The summed E-state index contributed by atoms with van der Waals surface area (Å²) in [6.07, 6.45) is 9.07. The lowest BCUT2D eigenvalue weighted by atomic mass is 9.53. The highest BCUT2D eigenvalue weighted by atomic mass is 16.5. The number of hydrogen-bond acceptors (Lipinski definition) is 3. The average molecular weight is 368 g/mol. The van der Waals surface area contributed by atoms with Crippen LogP contribution in [-0.2, 0) is 9.59 Å². The van der Waals surface area contributed by atoms with Crippen molar-refractivity contribution in [1.82, 2.24) is 5.32 Å². The molecule has 1 saturated heterocycles. The van der Waals surface area contributed by atoms with Crippen LogP contribution in [0.2, 0.25) is 0 Å². The van der Waals surface area contributed by atoms with Gasteiger partial charge in [-0.3, -0.25) is 9.59 Å². The molecule has 6 rings (SSSR count). The molecule has 5 fully saturated rings. The molecule has 144 valence electrons. The van der Waals surface area contributed by atoms with Gasteiger partial charge in [0.25, 0.3) is 5.91 Å². The van der Waals surface area contributed by atoms with E-state index in [9.17, 15) is 9.59 Å². The number of carbonyl (C=O) groups excluding carboxylic acids is 2. The van der Waals surface area contributed by atoms with Crippen molar-refractivity contribution in [3.63, 3.8) is 0 Å². The molecule has 0 atom stereocenters. The molecule has 1 heterocycles. The Labute approximate surface area is 160 Å². The molecule has 4 saturated carbocycles. The SMILES string of the molecule is O=C(COc1cccc(N2CCCC2=O)c1)NC12CC3CC(CC(C3)C1)C2. The Balaban J connectivity index is 1.20. The van der Waals surface area contributed by atoms with Crippen LogP contribution in [0.15, 0.2) is 24.3 Å². The molecular weight excluding hydrogens is 340 g/mol. The van der Waals surface area contributed by atoms with Crippen LogP contribution >= 0.6 is 0 Å². The van der Waals surface area contributed by atoms with E-state index in [4.69, 9.17) is 4.74 Å². The molecule has 1 aliphatic heterocycles. The molecule has 5 heteroatoms. The van der Waals surface area contributed by atoms with E-state index >= 15 is 0 Å². The van der Waals surface area contributed by atoms with Crippen LogP contribution < -0.4 is 15.0 Å². The standard InChI is InChI=1S/C22H28N2O3/c25-20(23-22-11-15-7-16(12-22)9-17(8-15)13-22)14-27-19-4-1-3-18(10-19)24-6-2-5-21(24)26/h1,3-4,10,15-17H,2,5-9,11-14H2,(H,23,25). The molecular formula is C22H28N2O3. The third kappa shape index (κ3) is 3.32. The minimum atomic E-state index is -0.0143. The van der Waals surface area contributed by atoms with Crippen LogP contribution in [0.4, 0.5) is 5.69 Å². The Morgan fingerprint density at radius 1 is 1.15 bits per heavy atom. The van der Waals surface area contributed by atoms with Gasteiger partial charge in [-0.1, -0.05) is 6.07 Å². The summed E-state index contributed by atoms with van der Waals surface area (Å²) in [5.74, 6) is 3.23. The van der Waals surface area contributed by atoms with Gasteiger partial charge in [-0.25, -0.2) is 0 Å². The smallest absolute Gasteiger partial charge is 0.258 e. The molecule has 0 radical (unpaired) electrons. The van der Waals surface area contributed by atoms with E-state index in [1.807, 2.05) is 24.3 Å². The minimum absolute atomic E-state index is 0.0143. The quantitative estimate of drug-likeness (QED) is 0.868. The molecule has 1 N–H and O–H groups in total. The van der Waals surface area contributed by atoms with Crippen molar-refractivity contribution in [2.24, 2.45) is 17.8 Å². The van der Waals surface area contributed by atoms with Crippen molar-refractivity contribution < 1.29 is 14.3 Å². The van der Waals surface area contributed by atoms with Gasteiger partial charge in [0, 0.05) is 30.3 Å². The molecule has 4 bridgehead atoms. The van der Waals surface area contributed by atoms with Gasteiger partial charge in [-0.2, -0.15) is 0 Å². The van der Waals surface area contributed by atoms with Crippen molar-refractivity contribution in [2.45, 2.75) is 56.9 Å². The number of ether oxygens (including phenoxy) is 1. The second kappa shape index (κ2) is 6.54. The highest BCUT2D eigenvalue weighted by Crippen LogP contribution is 2.55. The first-order valence-corrected chi connectivity index (χ1v) is 10.4. The zero-order valence-corrected chi connectivity index (χ0v) is 15.8. The third-order valence-electron chi connectivity index (χ3n) is 7.02. The Kier molecular flexibility index (Phi) is 4.14. The second-order valence-electron chi connectivity index (χ2n) is 9.18. The Bertz CT molecular complexity index is 724. The van der Waals surface area contributed by atoms with Crippen molar-refractivity contribution in [2.75, 3.05) is 18.1 Å². The summed E-state index contributed by atoms with van der Waals surface area (Å²) in [7, 11) is 0. The first-order chi connectivity index (χ1) is 13.1. The van der Waals surface area contributed by atoms with Crippen molar-refractivity contribution in [1.29, 1.82) is 0 Å². The molecule has 1 aromatic rings. The van der Waals surface area contributed by atoms with Gasteiger partial charge >= 0.3 is 0 Å². The fraction of sp³-hybridized carbons (Fsp3) is 0.636. The van der Waals surface area contributed by atoms with Gasteiger partial charge in [0.2, 0.25) is 5.91 Å². The number of amides is 2. The topological polar surface area (TPSA) is 58.6 Å². The third-order valence-corrected chi connectivity index (χ3v) is 7.02. The van der Waals surface area contributed by atoms with E-state index in [0.29, 0.717) is 12.2 Å². The summed E-state index contributed by atoms with van der Waals surface area (Å²) >= 11 is 0. The largest absolute Gasteiger partial charge is 0.484 e. The van der Waals surface area contributed by atoms with Crippen molar-refractivity contribution >= 4 is 17.5 Å². The molecule has 0 unspecified atom stereocenters. The first kappa shape index (κ1) is 17.1. The molecule has 5 nitrogen and oxygen atoms in total. The highest BCUT2D eigenvalue weighted by Gasteiger charge is 2.51. The lowest BCUT2D eigenvalue weighted by Crippen LogP contribution is -2.60. The second-order valence-corrected chi connectivity index (χ2v) is 9.18. The highest BCUT2D eigenvalue weighted by molar-refractivity contribution is 5.95. The van der Waals surface area contributed by atoms with Crippen molar-refractivity contribution in [3.8, 4) is 5.75 Å². The van der Waals surface area contributed by atoms with E-state index in [2.05, 4.69) is 5.32 Å². The van der Waals surface area contributed by atoms with Crippen LogP contribution in [0.1, 0.15) is 51.4 Å². The first-order valence-electron chi connectivity index (χ1n) is 10.4. The number of nitrogens with zero attached hydrogens (tertiary/aromatic N) is 1. The summed E-state index contributed by atoms with van der Waals surface area (Å²) < 4.78 is 5.77. The van der Waals surface area contributed by atoms with Gasteiger partial charge in [0.15, 0.2) is 6.61 Å². The number of nitrogens with one attached hydrogen (secondary N) is 1. The number of anilines is 1. The summed E-state index contributed by atoms with van der Waals surface area (Å²) in [5.41, 5.74) is 0.885. The zero-order valence-electron chi connectivity index (χ0n) is 15.8. The normalized spacial score (nSPS) is 34.1. The maximum Gasteiger partial charge on any atom is 0.258 e. The van der Waals surface area contributed by atoms with Gasteiger partial charge in [-0.15, -0.1) is 0 Å². The Hall–Kier alpha value is -2.04. The zero-order chi connectivity index (χ0) is 18.4. The lowest BCUT2D eigenvalue weighted by molar-refractivity contribution is -0.128. The molecule has 0 aromatic heterocycles. The van der Waals surface area contributed by atoms with Crippen LogP contribution in [0.25, 0.3) is 0 Å². The van der Waals surface area contributed by atoms with Crippen LogP contribution in [-0.4, -0.2) is 30.5 Å².